The van der Waals surface area contributed by atoms with Crippen molar-refractivity contribution in [3.63, 3.8) is 0 Å². The third-order valence-electron chi connectivity index (χ3n) is 3.00. The van der Waals surface area contributed by atoms with Gasteiger partial charge in [0.1, 0.15) is 0 Å². The molecule has 1 rings (SSSR count). The first-order chi connectivity index (χ1) is 8.00. The standard InChI is InChI=1S/C14H22N2O/c1-10(2)13(15)9-16-14(17)8-12-7-5-4-6-11(12)3/h4-7,10,13H,8-9,15H2,1-3H3,(H,16,17). The van der Waals surface area contributed by atoms with Gasteiger partial charge in [-0.1, -0.05) is 38.1 Å². The summed E-state index contributed by atoms with van der Waals surface area (Å²) in [5, 5.41) is 2.88. The molecule has 0 aliphatic heterocycles. The first-order valence-electron chi connectivity index (χ1n) is 6.07. The zero-order valence-corrected chi connectivity index (χ0v) is 10.9. The van der Waals surface area contributed by atoms with Crippen LogP contribution in [0.4, 0.5) is 0 Å². The highest BCUT2D eigenvalue weighted by Crippen LogP contribution is 2.07. The Hall–Kier alpha value is -1.35. The molecular weight excluding hydrogens is 212 g/mol. The zero-order valence-electron chi connectivity index (χ0n) is 10.9. The average Bonchev–Trinajstić information content (AvgIpc) is 2.29. The van der Waals surface area contributed by atoms with E-state index in [0.29, 0.717) is 18.9 Å². The number of carbonyl (C=O) groups excluding carboxylic acids is 1. The van der Waals surface area contributed by atoms with Crippen LogP contribution in [0.25, 0.3) is 0 Å². The molecule has 0 heterocycles. The molecule has 3 heteroatoms. The molecule has 0 fully saturated rings. The number of benzene rings is 1. The van der Waals surface area contributed by atoms with Crippen molar-refractivity contribution in [3.05, 3.63) is 35.4 Å². The number of nitrogens with one attached hydrogen (secondary N) is 1. The fraction of sp³-hybridized carbons (Fsp3) is 0.500. The summed E-state index contributed by atoms with van der Waals surface area (Å²) in [6.45, 7) is 6.67. The Labute approximate surface area is 103 Å². The lowest BCUT2D eigenvalue weighted by Crippen LogP contribution is -2.40. The lowest BCUT2D eigenvalue weighted by molar-refractivity contribution is -0.120. The fourth-order valence-corrected chi connectivity index (χ4v) is 1.51. The van der Waals surface area contributed by atoms with E-state index in [-0.39, 0.29) is 11.9 Å². The summed E-state index contributed by atoms with van der Waals surface area (Å²) in [7, 11) is 0. The molecule has 1 aromatic carbocycles. The quantitative estimate of drug-likeness (QED) is 0.813. The average molecular weight is 234 g/mol. The molecule has 0 saturated carbocycles. The van der Waals surface area contributed by atoms with E-state index in [9.17, 15) is 4.79 Å². The Morgan fingerprint density at radius 1 is 1.35 bits per heavy atom. The van der Waals surface area contributed by atoms with E-state index in [4.69, 9.17) is 5.73 Å². The summed E-state index contributed by atoms with van der Waals surface area (Å²) >= 11 is 0. The van der Waals surface area contributed by atoms with Gasteiger partial charge in [-0.25, -0.2) is 0 Å². The Morgan fingerprint density at radius 3 is 2.59 bits per heavy atom. The van der Waals surface area contributed by atoms with Crippen molar-refractivity contribution in [1.82, 2.24) is 5.32 Å². The maximum absolute atomic E-state index is 11.7. The second kappa shape index (κ2) is 6.40. The van der Waals surface area contributed by atoms with Crippen molar-refractivity contribution >= 4 is 5.91 Å². The summed E-state index contributed by atoms with van der Waals surface area (Å²) in [5.41, 5.74) is 8.09. The van der Waals surface area contributed by atoms with Crippen molar-refractivity contribution in [2.75, 3.05) is 6.54 Å². The van der Waals surface area contributed by atoms with Crippen LogP contribution in [-0.4, -0.2) is 18.5 Å². The molecule has 17 heavy (non-hydrogen) atoms. The van der Waals surface area contributed by atoms with Crippen LogP contribution in [0.1, 0.15) is 25.0 Å². The summed E-state index contributed by atoms with van der Waals surface area (Å²) < 4.78 is 0. The molecule has 1 unspecified atom stereocenters. The smallest absolute Gasteiger partial charge is 0.224 e. The number of hydrogen-bond acceptors (Lipinski definition) is 2. The first-order valence-corrected chi connectivity index (χ1v) is 6.07. The lowest BCUT2D eigenvalue weighted by Gasteiger charge is -2.16. The minimum absolute atomic E-state index is 0.0239. The van der Waals surface area contributed by atoms with Gasteiger partial charge in [0.05, 0.1) is 6.42 Å². The van der Waals surface area contributed by atoms with E-state index in [1.54, 1.807) is 0 Å². The Balaban J connectivity index is 2.43. The zero-order chi connectivity index (χ0) is 12.8. The number of rotatable bonds is 5. The van der Waals surface area contributed by atoms with E-state index < -0.39 is 0 Å². The van der Waals surface area contributed by atoms with Crippen molar-refractivity contribution in [2.45, 2.75) is 33.2 Å². The summed E-state index contributed by atoms with van der Waals surface area (Å²) in [6, 6.07) is 7.96. The largest absolute Gasteiger partial charge is 0.354 e. The first kappa shape index (κ1) is 13.7. The summed E-state index contributed by atoms with van der Waals surface area (Å²) in [4.78, 5) is 11.7. The maximum atomic E-state index is 11.7. The Bertz CT molecular complexity index is 374. The van der Waals surface area contributed by atoms with Crippen LogP contribution in [-0.2, 0) is 11.2 Å². The van der Waals surface area contributed by atoms with Gasteiger partial charge in [-0.3, -0.25) is 4.79 Å². The molecule has 1 atom stereocenters. The van der Waals surface area contributed by atoms with E-state index in [1.807, 2.05) is 31.2 Å². The van der Waals surface area contributed by atoms with Crippen LogP contribution in [0.15, 0.2) is 24.3 Å². The molecular formula is C14H22N2O. The Morgan fingerprint density at radius 2 is 2.00 bits per heavy atom. The lowest BCUT2D eigenvalue weighted by atomic mass is 10.0. The van der Waals surface area contributed by atoms with Crippen LogP contribution < -0.4 is 11.1 Å². The molecule has 1 amide bonds. The van der Waals surface area contributed by atoms with Gasteiger partial charge in [0.2, 0.25) is 5.91 Å². The third-order valence-corrected chi connectivity index (χ3v) is 3.00. The van der Waals surface area contributed by atoms with Crippen molar-refractivity contribution in [2.24, 2.45) is 11.7 Å². The molecule has 3 N–H and O–H groups in total. The highest BCUT2D eigenvalue weighted by molar-refractivity contribution is 5.78. The molecule has 0 aliphatic carbocycles. The summed E-state index contributed by atoms with van der Waals surface area (Å²) in [6.07, 6.45) is 0.428. The van der Waals surface area contributed by atoms with Crippen LogP contribution >= 0.6 is 0 Å². The van der Waals surface area contributed by atoms with Crippen LogP contribution in [0.5, 0.6) is 0 Å². The van der Waals surface area contributed by atoms with Gasteiger partial charge in [-0.15, -0.1) is 0 Å². The predicted octanol–water partition coefficient (Wildman–Crippen LogP) is 1.64. The van der Waals surface area contributed by atoms with E-state index in [1.165, 1.54) is 0 Å². The van der Waals surface area contributed by atoms with Crippen molar-refractivity contribution < 1.29 is 4.79 Å². The van der Waals surface area contributed by atoms with Gasteiger partial charge in [-0.2, -0.15) is 0 Å². The van der Waals surface area contributed by atoms with Crippen molar-refractivity contribution in [3.8, 4) is 0 Å². The molecule has 0 aromatic heterocycles. The maximum Gasteiger partial charge on any atom is 0.224 e. The molecule has 94 valence electrons. The third kappa shape index (κ3) is 4.57. The highest BCUT2D eigenvalue weighted by Gasteiger charge is 2.10. The predicted molar refractivity (Wildman–Crippen MR) is 70.7 cm³/mol. The Kier molecular flexibility index (Phi) is 5.16. The minimum Gasteiger partial charge on any atom is -0.354 e. The molecule has 3 nitrogen and oxygen atoms in total. The molecule has 0 radical (unpaired) electrons. The van der Waals surface area contributed by atoms with Gasteiger partial charge in [-0.05, 0) is 24.0 Å². The number of nitrogens with two attached hydrogens (primary N) is 1. The second-order valence-corrected chi connectivity index (χ2v) is 4.82. The SMILES string of the molecule is Cc1ccccc1CC(=O)NCC(N)C(C)C. The number of amides is 1. The van der Waals surface area contributed by atoms with Gasteiger partial charge in [0.15, 0.2) is 0 Å². The molecule has 0 saturated heterocycles. The molecule has 0 aliphatic rings. The second-order valence-electron chi connectivity index (χ2n) is 4.82. The van der Waals surface area contributed by atoms with Gasteiger partial charge >= 0.3 is 0 Å². The van der Waals surface area contributed by atoms with Crippen LogP contribution in [0.2, 0.25) is 0 Å². The molecule has 0 bridgehead atoms. The number of aryl methyl sites for hydroxylation is 1. The van der Waals surface area contributed by atoms with Crippen LogP contribution in [0.3, 0.4) is 0 Å². The minimum atomic E-state index is 0.0239. The van der Waals surface area contributed by atoms with Crippen LogP contribution in [0, 0.1) is 12.8 Å². The fourth-order valence-electron chi connectivity index (χ4n) is 1.51. The van der Waals surface area contributed by atoms with E-state index in [2.05, 4.69) is 19.2 Å². The van der Waals surface area contributed by atoms with Gasteiger partial charge in [0, 0.05) is 12.6 Å². The van der Waals surface area contributed by atoms with E-state index in [0.717, 1.165) is 11.1 Å². The monoisotopic (exact) mass is 234 g/mol. The highest BCUT2D eigenvalue weighted by atomic mass is 16.1. The summed E-state index contributed by atoms with van der Waals surface area (Å²) in [5.74, 6) is 0.421. The van der Waals surface area contributed by atoms with Gasteiger partial charge < -0.3 is 11.1 Å². The molecule has 1 aromatic rings. The van der Waals surface area contributed by atoms with Crippen molar-refractivity contribution in [1.29, 1.82) is 0 Å². The molecule has 0 spiro atoms. The number of carbonyl (C=O) groups is 1. The number of hydrogen-bond donors (Lipinski definition) is 2. The normalized spacial score (nSPS) is 12.5. The van der Waals surface area contributed by atoms with Gasteiger partial charge in [0.25, 0.3) is 0 Å². The topological polar surface area (TPSA) is 55.1 Å². The van der Waals surface area contributed by atoms with E-state index >= 15 is 0 Å².